The first-order valence-corrected chi connectivity index (χ1v) is 8.17. The number of rotatable bonds is 4. The van der Waals surface area contributed by atoms with Gasteiger partial charge >= 0.3 is 6.09 Å². The Morgan fingerprint density at radius 3 is 2.61 bits per heavy atom. The minimum Gasteiger partial charge on any atom is -0.497 e. The highest BCUT2D eigenvalue weighted by molar-refractivity contribution is 5.67. The largest absolute Gasteiger partial charge is 0.497 e. The highest BCUT2D eigenvalue weighted by atomic mass is 16.6. The predicted molar refractivity (Wildman–Crippen MR) is 91.0 cm³/mol. The second-order valence-corrected chi connectivity index (χ2v) is 7.12. The van der Waals surface area contributed by atoms with Gasteiger partial charge in [-0.3, -0.25) is 0 Å². The number of hydrogen-bond acceptors (Lipinski definition) is 4. The van der Waals surface area contributed by atoms with Gasteiger partial charge in [-0.2, -0.15) is 0 Å². The molecule has 0 saturated carbocycles. The van der Waals surface area contributed by atoms with Crippen molar-refractivity contribution in [1.82, 2.24) is 10.6 Å². The van der Waals surface area contributed by atoms with Gasteiger partial charge in [0, 0.05) is 12.0 Å². The van der Waals surface area contributed by atoms with Gasteiger partial charge in [0.2, 0.25) is 0 Å². The average Bonchev–Trinajstić information content (AvgIpc) is 2.52. The Morgan fingerprint density at radius 2 is 2.00 bits per heavy atom. The summed E-state index contributed by atoms with van der Waals surface area (Å²) in [6.45, 7) is 8.05. The molecule has 0 spiro atoms. The molecule has 128 valence electrons. The molecular formula is C18H28N2O3. The summed E-state index contributed by atoms with van der Waals surface area (Å²) in [5, 5.41) is 6.34. The standard InChI is InChI=1S/C18H28N2O3/c1-17(2,3)23-16(21)20-13-18(8-10-19-11-9-18)14-6-5-7-15(12-14)22-4/h5-7,12,19H,8-11,13H2,1-4H3,(H,20,21). The predicted octanol–water partition coefficient (Wildman–Crippen LogP) is 2.84. The lowest BCUT2D eigenvalue weighted by atomic mass is 9.73. The van der Waals surface area contributed by atoms with E-state index in [1.54, 1.807) is 7.11 Å². The van der Waals surface area contributed by atoms with Crippen molar-refractivity contribution < 1.29 is 14.3 Å². The Balaban J connectivity index is 2.14. The third-order valence-corrected chi connectivity index (χ3v) is 4.21. The van der Waals surface area contributed by atoms with Crippen LogP contribution in [0.3, 0.4) is 0 Å². The molecule has 0 unspecified atom stereocenters. The van der Waals surface area contributed by atoms with Crippen LogP contribution in [0, 0.1) is 0 Å². The fourth-order valence-corrected chi connectivity index (χ4v) is 2.98. The van der Waals surface area contributed by atoms with Gasteiger partial charge in [0.15, 0.2) is 0 Å². The lowest BCUT2D eigenvalue weighted by Crippen LogP contribution is -2.48. The molecule has 2 N–H and O–H groups in total. The van der Waals surface area contributed by atoms with Crippen molar-refractivity contribution in [3.8, 4) is 5.75 Å². The number of alkyl carbamates (subject to hydrolysis) is 1. The maximum absolute atomic E-state index is 12.0. The summed E-state index contributed by atoms with van der Waals surface area (Å²) in [6.07, 6.45) is 1.57. The van der Waals surface area contributed by atoms with Crippen LogP contribution < -0.4 is 15.4 Å². The van der Waals surface area contributed by atoms with Crippen molar-refractivity contribution >= 4 is 6.09 Å². The smallest absolute Gasteiger partial charge is 0.407 e. The molecule has 5 nitrogen and oxygen atoms in total. The molecule has 0 atom stereocenters. The first-order chi connectivity index (χ1) is 10.8. The van der Waals surface area contributed by atoms with Crippen LogP contribution in [0.25, 0.3) is 0 Å². The van der Waals surface area contributed by atoms with Crippen LogP contribution >= 0.6 is 0 Å². The number of benzene rings is 1. The maximum atomic E-state index is 12.0. The van der Waals surface area contributed by atoms with Gasteiger partial charge < -0.3 is 20.1 Å². The molecule has 23 heavy (non-hydrogen) atoms. The topological polar surface area (TPSA) is 59.6 Å². The number of carbonyl (C=O) groups is 1. The lowest BCUT2D eigenvalue weighted by molar-refractivity contribution is 0.0509. The molecular weight excluding hydrogens is 292 g/mol. The fraction of sp³-hybridized carbons (Fsp3) is 0.611. The molecule has 5 heteroatoms. The van der Waals surface area contributed by atoms with Crippen LogP contribution in [0.4, 0.5) is 4.79 Å². The second-order valence-electron chi connectivity index (χ2n) is 7.12. The number of methoxy groups -OCH3 is 1. The van der Waals surface area contributed by atoms with E-state index in [2.05, 4.69) is 22.8 Å². The zero-order valence-electron chi connectivity index (χ0n) is 14.6. The van der Waals surface area contributed by atoms with E-state index in [-0.39, 0.29) is 11.5 Å². The van der Waals surface area contributed by atoms with E-state index < -0.39 is 5.60 Å². The van der Waals surface area contributed by atoms with Gasteiger partial charge in [-0.25, -0.2) is 4.79 Å². The number of nitrogens with one attached hydrogen (secondary N) is 2. The molecule has 0 bridgehead atoms. The molecule has 1 saturated heterocycles. The van der Waals surface area contributed by atoms with Crippen molar-refractivity contribution in [3.63, 3.8) is 0 Å². The van der Waals surface area contributed by atoms with Gasteiger partial charge in [-0.15, -0.1) is 0 Å². The van der Waals surface area contributed by atoms with Crippen molar-refractivity contribution in [1.29, 1.82) is 0 Å². The van der Waals surface area contributed by atoms with Crippen LogP contribution in [0.15, 0.2) is 24.3 Å². The highest BCUT2D eigenvalue weighted by Crippen LogP contribution is 2.34. The summed E-state index contributed by atoms with van der Waals surface area (Å²) in [6, 6.07) is 8.14. The third-order valence-electron chi connectivity index (χ3n) is 4.21. The monoisotopic (exact) mass is 320 g/mol. The van der Waals surface area contributed by atoms with E-state index in [9.17, 15) is 4.79 Å². The van der Waals surface area contributed by atoms with E-state index in [0.717, 1.165) is 31.7 Å². The van der Waals surface area contributed by atoms with Gasteiger partial charge in [0.05, 0.1) is 7.11 Å². The molecule has 1 aromatic rings. The number of piperidine rings is 1. The van der Waals surface area contributed by atoms with E-state index >= 15 is 0 Å². The third kappa shape index (κ3) is 4.86. The number of carbonyl (C=O) groups excluding carboxylic acids is 1. The molecule has 2 rings (SSSR count). The summed E-state index contributed by atoms with van der Waals surface area (Å²) in [5.74, 6) is 0.845. The minimum absolute atomic E-state index is 0.0866. The Labute approximate surface area is 138 Å². The molecule has 1 amide bonds. The van der Waals surface area contributed by atoms with Crippen LogP contribution in [-0.2, 0) is 10.2 Å². The van der Waals surface area contributed by atoms with Crippen molar-refractivity contribution in [2.45, 2.75) is 44.6 Å². The zero-order chi connectivity index (χ0) is 16.9. The van der Waals surface area contributed by atoms with E-state index in [1.165, 1.54) is 5.56 Å². The number of amides is 1. The zero-order valence-corrected chi connectivity index (χ0v) is 14.6. The normalized spacial score (nSPS) is 17.4. The fourth-order valence-electron chi connectivity index (χ4n) is 2.98. The molecule has 1 aliphatic heterocycles. The first kappa shape index (κ1) is 17.6. The van der Waals surface area contributed by atoms with E-state index in [4.69, 9.17) is 9.47 Å². The second kappa shape index (κ2) is 7.21. The average molecular weight is 320 g/mol. The Kier molecular flexibility index (Phi) is 5.52. The number of ether oxygens (including phenoxy) is 2. The van der Waals surface area contributed by atoms with Crippen LogP contribution in [-0.4, -0.2) is 38.4 Å². The van der Waals surface area contributed by atoms with Crippen molar-refractivity contribution in [2.75, 3.05) is 26.7 Å². The first-order valence-electron chi connectivity index (χ1n) is 8.17. The molecule has 1 aliphatic rings. The van der Waals surface area contributed by atoms with E-state index in [1.807, 2.05) is 32.9 Å². The molecule has 0 aliphatic carbocycles. The van der Waals surface area contributed by atoms with Crippen LogP contribution in [0.2, 0.25) is 0 Å². The van der Waals surface area contributed by atoms with Crippen molar-refractivity contribution in [3.05, 3.63) is 29.8 Å². The Bertz CT molecular complexity index is 531. The van der Waals surface area contributed by atoms with Crippen LogP contribution in [0.1, 0.15) is 39.2 Å². The van der Waals surface area contributed by atoms with Gasteiger partial charge in [-0.1, -0.05) is 12.1 Å². The lowest BCUT2D eigenvalue weighted by Gasteiger charge is -2.38. The quantitative estimate of drug-likeness (QED) is 0.895. The molecule has 0 radical (unpaired) electrons. The van der Waals surface area contributed by atoms with Crippen molar-refractivity contribution in [2.24, 2.45) is 0 Å². The Hall–Kier alpha value is -1.75. The van der Waals surface area contributed by atoms with Gasteiger partial charge in [0.25, 0.3) is 0 Å². The SMILES string of the molecule is COc1cccc(C2(CNC(=O)OC(C)(C)C)CCNCC2)c1. The summed E-state index contributed by atoms with van der Waals surface area (Å²) in [7, 11) is 1.67. The summed E-state index contributed by atoms with van der Waals surface area (Å²) < 4.78 is 10.7. The maximum Gasteiger partial charge on any atom is 0.407 e. The Morgan fingerprint density at radius 1 is 1.30 bits per heavy atom. The van der Waals surface area contributed by atoms with Gasteiger partial charge in [0.1, 0.15) is 11.4 Å². The minimum atomic E-state index is -0.485. The van der Waals surface area contributed by atoms with E-state index in [0.29, 0.717) is 6.54 Å². The summed E-state index contributed by atoms with van der Waals surface area (Å²) >= 11 is 0. The number of hydrogen-bond donors (Lipinski definition) is 2. The summed E-state index contributed by atoms with van der Waals surface area (Å²) in [4.78, 5) is 12.0. The summed E-state index contributed by atoms with van der Waals surface area (Å²) in [5.41, 5.74) is 0.632. The molecule has 1 aromatic carbocycles. The molecule has 1 heterocycles. The molecule has 0 aromatic heterocycles. The van der Waals surface area contributed by atoms with Crippen LogP contribution in [0.5, 0.6) is 5.75 Å². The molecule has 1 fully saturated rings. The van der Waals surface area contributed by atoms with Gasteiger partial charge in [-0.05, 0) is 64.4 Å². The highest BCUT2D eigenvalue weighted by Gasteiger charge is 2.35.